The summed E-state index contributed by atoms with van der Waals surface area (Å²) in [6.07, 6.45) is -0.730. The van der Waals surface area contributed by atoms with Gasteiger partial charge in [0.15, 0.2) is 5.78 Å². The molecule has 0 bridgehead atoms. The third-order valence-electron chi connectivity index (χ3n) is 5.02. The molecule has 1 atom stereocenters. The van der Waals surface area contributed by atoms with Crippen molar-refractivity contribution in [2.24, 2.45) is 0 Å². The first-order valence-electron chi connectivity index (χ1n) is 9.22. The van der Waals surface area contributed by atoms with E-state index in [9.17, 15) is 9.90 Å². The summed E-state index contributed by atoms with van der Waals surface area (Å²) in [7, 11) is 0. The van der Waals surface area contributed by atoms with Crippen LogP contribution in [0.3, 0.4) is 0 Å². The number of ketones is 1. The first kappa shape index (κ1) is 16.7. The molecule has 138 valence electrons. The number of benzene rings is 3. The highest BCUT2D eigenvalue weighted by molar-refractivity contribution is 6.25. The first-order chi connectivity index (χ1) is 13.7. The second kappa shape index (κ2) is 6.62. The summed E-state index contributed by atoms with van der Waals surface area (Å²) in [4.78, 5) is 12.9. The van der Waals surface area contributed by atoms with Crippen LogP contribution in [0.2, 0.25) is 0 Å². The topological polar surface area (TPSA) is 64.4 Å². The summed E-state index contributed by atoms with van der Waals surface area (Å²) in [5.41, 5.74) is 3.80. The van der Waals surface area contributed by atoms with Crippen molar-refractivity contribution in [2.75, 3.05) is 6.61 Å². The number of hydrogen-bond donors (Lipinski definition) is 1. The average molecular weight is 370 g/mol. The Morgan fingerprint density at radius 1 is 0.893 bits per heavy atom. The van der Waals surface area contributed by atoms with E-state index in [1.807, 2.05) is 72.8 Å². The normalized spacial score (nSPS) is 13.4. The molecule has 0 aliphatic heterocycles. The molecule has 0 saturated heterocycles. The fourth-order valence-corrected chi connectivity index (χ4v) is 3.74. The molecule has 1 aromatic heterocycles. The van der Waals surface area contributed by atoms with Crippen molar-refractivity contribution in [3.05, 3.63) is 83.9 Å². The van der Waals surface area contributed by atoms with Gasteiger partial charge >= 0.3 is 0 Å². The minimum absolute atomic E-state index is 0.0150. The Kier molecular flexibility index (Phi) is 3.95. The predicted molar refractivity (Wildman–Crippen MR) is 107 cm³/mol. The zero-order valence-corrected chi connectivity index (χ0v) is 15.1. The minimum Gasteiger partial charge on any atom is -0.491 e. The number of aliphatic hydroxyl groups excluding tert-OH is 1. The number of para-hydroxylation sites is 1. The van der Waals surface area contributed by atoms with Crippen molar-refractivity contribution in [1.29, 1.82) is 0 Å². The lowest BCUT2D eigenvalue weighted by Gasteiger charge is -2.14. The Morgan fingerprint density at radius 2 is 1.61 bits per heavy atom. The molecule has 5 nitrogen and oxygen atoms in total. The van der Waals surface area contributed by atoms with Crippen LogP contribution < -0.4 is 4.74 Å². The van der Waals surface area contributed by atoms with Crippen molar-refractivity contribution >= 4 is 16.7 Å². The van der Waals surface area contributed by atoms with Gasteiger partial charge in [-0.3, -0.25) is 9.48 Å². The van der Waals surface area contributed by atoms with E-state index in [0.29, 0.717) is 16.9 Å². The molecule has 1 aliphatic carbocycles. The molecule has 0 radical (unpaired) electrons. The smallest absolute Gasteiger partial charge is 0.194 e. The lowest BCUT2D eigenvalue weighted by molar-refractivity contribution is 0.0905. The number of fused-ring (bicyclic) bond motifs is 2. The maximum absolute atomic E-state index is 12.9. The summed E-state index contributed by atoms with van der Waals surface area (Å²) in [5.74, 6) is 0.730. The van der Waals surface area contributed by atoms with Gasteiger partial charge in [0.1, 0.15) is 24.2 Å². The van der Waals surface area contributed by atoms with E-state index in [2.05, 4.69) is 0 Å². The van der Waals surface area contributed by atoms with Gasteiger partial charge < -0.3 is 9.84 Å². The van der Waals surface area contributed by atoms with Crippen LogP contribution >= 0.6 is 0 Å². The highest BCUT2D eigenvalue weighted by Crippen LogP contribution is 2.38. The van der Waals surface area contributed by atoms with Gasteiger partial charge in [-0.2, -0.15) is 5.10 Å². The number of carbonyl (C=O) groups excluding carboxylic acids is 1. The summed E-state index contributed by atoms with van der Waals surface area (Å²) >= 11 is 0. The van der Waals surface area contributed by atoms with Crippen LogP contribution in [0.1, 0.15) is 15.9 Å². The van der Waals surface area contributed by atoms with Gasteiger partial charge in [0.2, 0.25) is 0 Å². The Balaban J connectivity index is 1.49. The summed E-state index contributed by atoms with van der Waals surface area (Å²) < 4.78 is 7.42. The van der Waals surface area contributed by atoms with Gasteiger partial charge in [0.05, 0.1) is 12.1 Å². The SMILES string of the molecule is O=C1c2ccccc2-c2nn(CC(O)COc3ccccc3)c3cccc1c23. The quantitative estimate of drug-likeness (QED) is 0.512. The van der Waals surface area contributed by atoms with Crippen molar-refractivity contribution in [2.45, 2.75) is 12.6 Å². The summed E-state index contributed by atoms with van der Waals surface area (Å²) in [6, 6.07) is 22.6. The highest BCUT2D eigenvalue weighted by Gasteiger charge is 2.28. The molecular weight excluding hydrogens is 352 g/mol. The van der Waals surface area contributed by atoms with Gasteiger partial charge in [0.25, 0.3) is 0 Å². The molecule has 4 aromatic rings. The molecule has 3 aromatic carbocycles. The van der Waals surface area contributed by atoms with Gasteiger partial charge in [-0.25, -0.2) is 0 Å². The number of rotatable bonds is 5. The first-order valence-corrected chi connectivity index (χ1v) is 9.22. The number of aliphatic hydroxyl groups is 1. The maximum Gasteiger partial charge on any atom is 0.194 e. The van der Waals surface area contributed by atoms with Crippen molar-refractivity contribution < 1.29 is 14.6 Å². The van der Waals surface area contributed by atoms with Crippen molar-refractivity contribution in [3.8, 4) is 17.0 Å². The zero-order valence-electron chi connectivity index (χ0n) is 15.1. The average Bonchev–Trinajstić information content (AvgIpc) is 3.10. The van der Waals surface area contributed by atoms with Crippen LogP contribution in [0, 0.1) is 0 Å². The Labute approximate surface area is 161 Å². The monoisotopic (exact) mass is 370 g/mol. The maximum atomic E-state index is 12.9. The van der Waals surface area contributed by atoms with Crippen molar-refractivity contribution in [1.82, 2.24) is 9.78 Å². The fraction of sp³-hybridized carbons (Fsp3) is 0.130. The molecule has 5 rings (SSSR count). The lowest BCUT2D eigenvalue weighted by atomic mass is 9.87. The van der Waals surface area contributed by atoms with E-state index in [0.717, 1.165) is 22.2 Å². The predicted octanol–water partition coefficient (Wildman–Crippen LogP) is 3.69. The molecule has 1 N–H and O–H groups in total. The van der Waals surface area contributed by atoms with E-state index >= 15 is 0 Å². The van der Waals surface area contributed by atoms with E-state index in [1.165, 1.54) is 0 Å². The van der Waals surface area contributed by atoms with Crippen LogP contribution in [0.25, 0.3) is 22.2 Å². The molecule has 1 heterocycles. The van der Waals surface area contributed by atoms with Crippen LogP contribution in [0.15, 0.2) is 72.8 Å². The number of hydrogen-bond acceptors (Lipinski definition) is 4. The Bertz CT molecular complexity index is 1180. The number of nitrogens with zero attached hydrogens (tertiary/aromatic N) is 2. The molecule has 0 saturated carbocycles. The van der Waals surface area contributed by atoms with Crippen LogP contribution in [0.5, 0.6) is 5.75 Å². The molecule has 5 heteroatoms. The largest absolute Gasteiger partial charge is 0.491 e. The second-order valence-corrected chi connectivity index (χ2v) is 6.88. The third kappa shape index (κ3) is 2.68. The van der Waals surface area contributed by atoms with E-state index < -0.39 is 6.10 Å². The summed E-state index contributed by atoms with van der Waals surface area (Å²) in [6.45, 7) is 0.444. The van der Waals surface area contributed by atoms with Crippen LogP contribution in [-0.4, -0.2) is 33.4 Å². The second-order valence-electron chi connectivity index (χ2n) is 6.88. The van der Waals surface area contributed by atoms with Crippen molar-refractivity contribution in [3.63, 3.8) is 0 Å². The van der Waals surface area contributed by atoms with Gasteiger partial charge in [-0.1, -0.05) is 54.6 Å². The number of carbonyl (C=O) groups is 1. The highest BCUT2D eigenvalue weighted by atomic mass is 16.5. The molecule has 0 fully saturated rings. The molecule has 1 aliphatic rings. The van der Waals surface area contributed by atoms with E-state index in [1.54, 1.807) is 4.68 Å². The summed E-state index contributed by atoms with van der Waals surface area (Å²) in [5, 5.41) is 16.1. The molecule has 0 spiro atoms. The van der Waals surface area contributed by atoms with E-state index in [4.69, 9.17) is 9.84 Å². The lowest BCUT2D eigenvalue weighted by Crippen LogP contribution is -2.24. The minimum atomic E-state index is -0.730. The fourth-order valence-electron chi connectivity index (χ4n) is 3.74. The number of ether oxygens (including phenoxy) is 1. The van der Waals surface area contributed by atoms with Crippen LogP contribution in [-0.2, 0) is 6.54 Å². The zero-order chi connectivity index (χ0) is 19.1. The van der Waals surface area contributed by atoms with Gasteiger partial charge in [-0.05, 0) is 18.2 Å². The van der Waals surface area contributed by atoms with Crippen LogP contribution in [0.4, 0.5) is 0 Å². The third-order valence-corrected chi connectivity index (χ3v) is 5.02. The molecule has 28 heavy (non-hydrogen) atoms. The van der Waals surface area contributed by atoms with E-state index in [-0.39, 0.29) is 18.9 Å². The standard InChI is InChI=1S/C23H18N2O3/c26-15(14-28-16-7-2-1-3-8-16)13-25-20-12-6-11-19-21(20)22(24-25)17-9-4-5-10-18(17)23(19)27/h1-12,15,26H,13-14H2. The van der Waals surface area contributed by atoms with Gasteiger partial charge in [0, 0.05) is 22.1 Å². The Morgan fingerprint density at radius 3 is 2.43 bits per heavy atom. The Hall–Kier alpha value is -3.44. The number of aromatic nitrogens is 2. The molecule has 1 unspecified atom stereocenters. The van der Waals surface area contributed by atoms with Gasteiger partial charge in [-0.15, -0.1) is 0 Å². The molecular formula is C23H18N2O3. The molecule has 0 amide bonds.